The van der Waals surface area contributed by atoms with Crippen LogP contribution in [0.5, 0.6) is 0 Å². The topological polar surface area (TPSA) is 66.6 Å². The van der Waals surface area contributed by atoms with Gasteiger partial charge in [-0.05, 0) is 25.7 Å². The standard InChI is InChI=1S/C15H25N3O2S/c1-10(2)15(3)8-13(19)18(14(15)20)11-4-6-17(7-5-11)9-12(16)21/h10-11H,4-9H2,1-3H3,(H2,16,21). The van der Waals surface area contributed by atoms with Crippen LogP contribution < -0.4 is 5.73 Å². The molecule has 2 fully saturated rings. The van der Waals surface area contributed by atoms with Gasteiger partial charge in [-0.25, -0.2) is 0 Å². The number of carbonyl (C=O) groups is 2. The highest BCUT2D eigenvalue weighted by Gasteiger charge is 2.52. The summed E-state index contributed by atoms with van der Waals surface area (Å²) in [5, 5.41) is 0. The highest BCUT2D eigenvalue weighted by Crippen LogP contribution is 2.41. The van der Waals surface area contributed by atoms with Gasteiger partial charge in [-0.1, -0.05) is 26.1 Å². The molecule has 2 amide bonds. The molecule has 1 unspecified atom stereocenters. The number of likely N-dealkylation sites (tertiary alicyclic amines) is 2. The predicted octanol–water partition coefficient (Wildman–Crippen LogP) is 1.16. The van der Waals surface area contributed by atoms with Crippen LogP contribution in [0.15, 0.2) is 0 Å². The molecule has 0 radical (unpaired) electrons. The summed E-state index contributed by atoms with van der Waals surface area (Å²) in [5.41, 5.74) is 5.03. The average molecular weight is 311 g/mol. The molecule has 0 saturated carbocycles. The van der Waals surface area contributed by atoms with Gasteiger partial charge in [-0.3, -0.25) is 19.4 Å². The number of nitrogens with two attached hydrogens (primary N) is 1. The predicted molar refractivity (Wildman–Crippen MR) is 85.7 cm³/mol. The summed E-state index contributed by atoms with van der Waals surface area (Å²) in [7, 11) is 0. The van der Waals surface area contributed by atoms with E-state index in [1.165, 1.54) is 4.90 Å². The summed E-state index contributed by atoms with van der Waals surface area (Å²) < 4.78 is 0. The van der Waals surface area contributed by atoms with Crippen LogP contribution in [0, 0.1) is 11.3 Å². The molecule has 2 aliphatic heterocycles. The van der Waals surface area contributed by atoms with Gasteiger partial charge in [0.2, 0.25) is 11.8 Å². The first-order valence-corrected chi connectivity index (χ1v) is 8.03. The van der Waals surface area contributed by atoms with Crippen molar-refractivity contribution in [2.24, 2.45) is 17.1 Å². The molecule has 2 N–H and O–H groups in total. The number of piperidine rings is 1. The number of nitrogens with zero attached hydrogens (tertiary/aromatic N) is 2. The van der Waals surface area contributed by atoms with Gasteiger partial charge in [0.15, 0.2) is 0 Å². The minimum absolute atomic E-state index is 0.00953. The molecule has 2 heterocycles. The maximum absolute atomic E-state index is 12.7. The third-order valence-corrected chi connectivity index (χ3v) is 5.20. The largest absolute Gasteiger partial charge is 0.392 e. The minimum Gasteiger partial charge on any atom is -0.392 e. The lowest BCUT2D eigenvalue weighted by Gasteiger charge is -2.36. The lowest BCUT2D eigenvalue weighted by Crippen LogP contribution is -2.49. The van der Waals surface area contributed by atoms with Crippen molar-refractivity contribution >= 4 is 29.0 Å². The molecule has 118 valence electrons. The summed E-state index contributed by atoms with van der Waals surface area (Å²) >= 11 is 4.93. The fourth-order valence-corrected chi connectivity index (χ4v) is 3.42. The number of hydrogen-bond acceptors (Lipinski definition) is 4. The van der Waals surface area contributed by atoms with Gasteiger partial charge in [0.1, 0.15) is 0 Å². The van der Waals surface area contributed by atoms with Crippen molar-refractivity contribution in [1.29, 1.82) is 0 Å². The Morgan fingerprint density at radius 3 is 2.38 bits per heavy atom. The second kappa shape index (κ2) is 6.01. The fourth-order valence-electron chi connectivity index (χ4n) is 3.24. The quantitative estimate of drug-likeness (QED) is 0.623. The van der Waals surface area contributed by atoms with E-state index in [0.29, 0.717) is 18.0 Å². The van der Waals surface area contributed by atoms with Crippen molar-refractivity contribution in [2.45, 2.75) is 46.1 Å². The zero-order chi connectivity index (χ0) is 15.8. The Morgan fingerprint density at radius 1 is 1.38 bits per heavy atom. The van der Waals surface area contributed by atoms with Gasteiger partial charge < -0.3 is 5.73 Å². The summed E-state index contributed by atoms with van der Waals surface area (Å²) in [6.07, 6.45) is 1.97. The first-order chi connectivity index (χ1) is 9.75. The zero-order valence-electron chi connectivity index (χ0n) is 13.1. The third kappa shape index (κ3) is 3.11. The van der Waals surface area contributed by atoms with Crippen LogP contribution in [-0.4, -0.2) is 52.3 Å². The Morgan fingerprint density at radius 2 is 1.95 bits per heavy atom. The molecule has 1 atom stereocenters. The van der Waals surface area contributed by atoms with Crippen LogP contribution in [0.4, 0.5) is 0 Å². The molecule has 2 saturated heterocycles. The Bertz CT molecular complexity index is 458. The van der Waals surface area contributed by atoms with E-state index in [1.54, 1.807) is 0 Å². The Hall–Kier alpha value is -1.01. The van der Waals surface area contributed by atoms with Crippen molar-refractivity contribution in [3.05, 3.63) is 0 Å². The maximum atomic E-state index is 12.7. The van der Waals surface area contributed by atoms with E-state index < -0.39 is 5.41 Å². The summed E-state index contributed by atoms with van der Waals surface area (Å²) in [5.74, 6) is 0.174. The van der Waals surface area contributed by atoms with E-state index in [4.69, 9.17) is 18.0 Å². The molecule has 0 aromatic heterocycles. The van der Waals surface area contributed by atoms with Gasteiger partial charge in [0.05, 0.1) is 10.4 Å². The van der Waals surface area contributed by atoms with Crippen molar-refractivity contribution in [2.75, 3.05) is 19.6 Å². The SMILES string of the molecule is CC(C)C1(C)CC(=O)N(C2CCN(CC(N)=S)CC2)C1=O. The van der Waals surface area contributed by atoms with Crippen molar-refractivity contribution in [3.63, 3.8) is 0 Å². The monoisotopic (exact) mass is 311 g/mol. The van der Waals surface area contributed by atoms with Crippen LogP contribution >= 0.6 is 12.2 Å². The molecule has 0 bridgehead atoms. The molecule has 5 nitrogen and oxygen atoms in total. The van der Waals surface area contributed by atoms with Crippen molar-refractivity contribution < 1.29 is 9.59 Å². The second-order valence-electron chi connectivity index (χ2n) is 6.79. The van der Waals surface area contributed by atoms with Gasteiger partial charge in [0, 0.05) is 32.1 Å². The summed E-state index contributed by atoms with van der Waals surface area (Å²) in [4.78, 5) is 29.2. The van der Waals surface area contributed by atoms with Crippen LogP contribution in [0.2, 0.25) is 0 Å². The molecular formula is C15H25N3O2S. The highest BCUT2D eigenvalue weighted by atomic mass is 32.1. The molecule has 2 rings (SSSR count). The minimum atomic E-state index is -0.535. The van der Waals surface area contributed by atoms with Crippen molar-refractivity contribution in [3.8, 4) is 0 Å². The molecule has 0 spiro atoms. The molecule has 21 heavy (non-hydrogen) atoms. The van der Waals surface area contributed by atoms with E-state index in [2.05, 4.69) is 4.90 Å². The van der Waals surface area contributed by atoms with E-state index in [1.807, 2.05) is 20.8 Å². The van der Waals surface area contributed by atoms with E-state index in [9.17, 15) is 9.59 Å². The number of imide groups is 1. The van der Waals surface area contributed by atoms with Crippen LogP contribution in [0.1, 0.15) is 40.0 Å². The number of rotatable bonds is 4. The Balaban J connectivity index is 2.02. The third-order valence-electron chi connectivity index (χ3n) is 5.07. The summed E-state index contributed by atoms with van der Waals surface area (Å²) in [6.45, 7) is 8.22. The first kappa shape index (κ1) is 16.4. The van der Waals surface area contributed by atoms with Crippen LogP contribution in [0.3, 0.4) is 0 Å². The molecular weight excluding hydrogens is 286 g/mol. The van der Waals surface area contributed by atoms with Gasteiger partial charge in [-0.15, -0.1) is 0 Å². The van der Waals surface area contributed by atoms with E-state index in [-0.39, 0.29) is 23.8 Å². The first-order valence-electron chi connectivity index (χ1n) is 7.63. The molecule has 2 aliphatic rings. The Kier molecular flexibility index (Phi) is 4.68. The summed E-state index contributed by atoms with van der Waals surface area (Å²) in [6, 6.07) is 0.0353. The molecule has 0 aromatic rings. The molecule has 0 aromatic carbocycles. The molecule has 0 aliphatic carbocycles. The zero-order valence-corrected chi connectivity index (χ0v) is 13.9. The smallest absolute Gasteiger partial charge is 0.236 e. The molecule has 6 heteroatoms. The lowest BCUT2D eigenvalue weighted by atomic mass is 9.77. The lowest BCUT2D eigenvalue weighted by molar-refractivity contribution is -0.145. The number of hydrogen-bond donors (Lipinski definition) is 1. The number of amides is 2. The average Bonchev–Trinajstić information content (AvgIpc) is 2.62. The van der Waals surface area contributed by atoms with E-state index in [0.717, 1.165) is 25.9 Å². The fraction of sp³-hybridized carbons (Fsp3) is 0.800. The van der Waals surface area contributed by atoms with Crippen LogP contribution in [0.25, 0.3) is 0 Å². The van der Waals surface area contributed by atoms with Gasteiger partial charge >= 0.3 is 0 Å². The van der Waals surface area contributed by atoms with Gasteiger partial charge in [0.25, 0.3) is 0 Å². The number of thiocarbonyl (C=S) groups is 1. The van der Waals surface area contributed by atoms with Gasteiger partial charge in [-0.2, -0.15) is 0 Å². The normalized spacial score (nSPS) is 28.7. The van der Waals surface area contributed by atoms with E-state index >= 15 is 0 Å². The second-order valence-corrected chi connectivity index (χ2v) is 7.32. The maximum Gasteiger partial charge on any atom is 0.236 e. The van der Waals surface area contributed by atoms with Crippen LogP contribution in [-0.2, 0) is 9.59 Å². The van der Waals surface area contributed by atoms with Crippen molar-refractivity contribution in [1.82, 2.24) is 9.80 Å². The highest BCUT2D eigenvalue weighted by molar-refractivity contribution is 7.80. The number of carbonyl (C=O) groups excluding carboxylic acids is 2. The Labute approximate surface area is 131 Å².